The minimum absolute atomic E-state index is 0.0125. The SMILES string of the molecule is CC/C=C\C[C@@H](O)/C=C/C=C\C/C=C\C=C\[C@@H](O)/C=C\CCCC(=O)OC[C@H](COP(=O)(O)OCC[N+](C)(C)C)OC(=O)CCCCCCCCCCc1oc(CCC)c(C)c1C. The predicted octanol–water partition coefficient (Wildman–Crippen LogP) is 10.6. The fourth-order valence-corrected chi connectivity index (χ4v) is 6.95. The molecule has 0 bridgehead atoms. The molecule has 1 rings (SSSR count). The number of hydrogen-bond acceptors (Lipinski definition) is 10. The van der Waals surface area contributed by atoms with Gasteiger partial charge >= 0.3 is 19.8 Å². The zero-order valence-electron chi connectivity index (χ0n) is 39.7. The topological polar surface area (TPSA) is 162 Å². The maximum atomic E-state index is 12.8. The summed E-state index contributed by atoms with van der Waals surface area (Å²) in [4.78, 5) is 35.5. The van der Waals surface area contributed by atoms with Crippen molar-refractivity contribution >= 4 is 19.8 Å². The van der Waals surface area contributed by atoms with Gasteiger partial charge < -0.3 is 33.5 Å². The third-order valence-corrected chi connectivity index (χ3v) is 11.1. The van der Waals surface area contributed by atoms with Crippen molar-refractivity contribution < 1.29 is 56.7 Å². The molecule has 13 heteroatoms. The maximum absolute atomic E-state index is 12.8. The number of phosphoric ester groups is 1. The molecule has 0 aliphatic carbocycles. The standard InChI is InChI=1S/C50H82NO11P/c1-8-10-23-31-44(52)32-24-18-14-13-15-19-25-33-45(53)34-26-22-29-36-49(54)58-40-46(41-60-63(56,57)59-39-38-51(5,6)7)61-50(55)37-28-21-17-12-11-16-20-27-35-48-43(4)42(3)47(62-48)30-9-2/h10,14-15,18-19,23-26,32-34,44-46,52-53H,8-9,11-13,16-17,20-22,27-31,35-41H2,1-7H3/p+1/b18-14-,19-15-,23-10-,32-24+,33-25+,34-26-/t44-,45-,46-/m1/s1. The molecule has 1 aromatic rings. The molecule has 0 aromatic carbocycles. The molecule has 0 saturated heterocycles. The van der Waals surface area contributed by atoms with E-state index in [4.69, 9.17) is 22.9 Å². The van der Waals surface area contributed by atoms with Crippen LogP contribution in [0.5, 0.6) is 0 Å². The maximum Gasteiger partial charge on any atom is 0.472 e. The monoisotopic (exact) mass is 905 g/mol. The fourth-order valence-electron chi connectivity index (χ4n) is 6.21. The van der Waals surface area contributed by atoms with Crippen LogP contribution in [-0.4, -0.2) is 97.3 Å². The number of hydrogen-bond donors (Lipinski definition) is 3. The minimum Gasteiger partial charge on any atom is -0.466 e. The fraction of sp³-hybridized carbons (Fsp3) is 0.640. The van der Waals surface area contributed by atoms with E-state index in [0.29, 0.717) is 43.1 Å². The lowest BCUT2D eigenvalue weighted by molar-refractivity contribution is -0.870. The molecule has 1 heterocycles. The molecule has 0 amide bonds. The number of furan rings is 1. The minimum atomic E-state index is -4.44. The predicted molar refractivity (Wildman–Crippen MR) is 253 cm³/mol. The van der Waals surface area contributed by atoms with E-state index in [-0.39, 0.29) is 26.1 Å². The van der Waals surface area contributed by atoms with Crippen LogP contribution >= 0.6 is 7.82 Å². The number of phosphoric acid groups is 1. The van der Waals surface area contributed by atoms with Crippen LogP contribution in [0.3, 0.4) is 0 Å². The molecule has 0 spiro atoms. The van der Waals surface area contributed by atoms with E-state index in [0.717, 1.165) is 82.1 Å². The van der Waals surface area contributed by atoms with Gasteiger partial charge in [0.15, 0.2) is 6.10 Å². The Hall–Kier alpha value is -3.35. The van der Waals surface area contributed by atoms with Crippen LogP contribution in [0.4, 0.5) is 0 Å². The molecule has 3 N–H and O–H groups in total. The number of carbonyl (C=O) groups excluding carboxylic acids is 2. The Morgan fingerprint density at radius 3 is 1.98 bits per heavy atom. The van der Waals surface area contributed by atoms with Gasteiger partial charge in [-0.15, -0.1) is 0 Å². The summed E-state index contributed by atoms with van der Waals surface area (Å²) in [7, 11) is 1.33. The third-order valence-electron chi connectivity index (χ3n) is 10.1. The summed E-state index contributed by atoms with van der Waals surface area (Å²) in [6, 6.07) is 0. The first-order valence-corrected chi connectivity index (χ1v) is 24.8. The Kier molecular flexibility index (Phi) is 32.0. The van der Waals surface area contributed by atoms with Gasteiger partial charge in [0, 0.05) is 25.7 Å². The van der Waals surface area contributed by atoms with E-state index < -0.39 is 44.7 Å². The molecule has 1 aromatic heterocycles. The second-order valence-corrected chi connectivity index (χ2v) is 18.5. The molecule has 358 valence electrons. The van der Waals surface area contributed by atoms with Crippen molar-refractivity contribution in [3.8, 4) is 0 Å². The Bertz CT molecular complexity index is 1620. The third kappa shape index (κ3) is 32.0. The number of unbranched alkanes of at least 4 members (excludes halogenated alkanes) is 8. The highest BCUT2D eigenvalue weighted by Gasteiger charge is 2.27. The van der Waals surface area contributed by atoms with Gasteiger partial charge in [0.25, 0.3) is 0 Å². The molecular weight excluding hydrogens is 822 g/mol. The Morgan fingerprint density at radius 2 is 1.33 bits per heavy atom. The van der Waals surface area contributed by atoms with E-state index in [9.17, 15) is 29.3 Å². The van der Waals surface area contributed by atoms with Gasteiger partial charge in [-0.1, -0.05) is 125 Å². The Morgan fingerprint density at radius 1 is 0.714 bits per heavy atom. The lowest BCUT2D eigenvalue weighted by Gasteiger charge is -2.24. The molecule has 63 heavy (non-hydrogen) atoms. The van der Waals surface area contributed by atoms with Gasteiger partial charge in [-0.3, -0.25) is 18.6 Å². The summed E-state index contributed by atoms with van der Waals surface area (Å²) in [5.74, 6) is 1.25. The second kappa shape index (κ2) is 35.0. The lowest BCUT2D eigenvalue weighted by Crippen LogP contribution is -2.37. The van der Waals surface area contributed by atoms with Crippen molar-refractivity contribution in [1.82, 2.24) is 0 Å². The molecular formula is C50H83NO11P+. The second-order valence-electron chi connectivity index (χ2n) is 17.0. The van der Waals surface area contributed by atoms with E-state index in [1.54, 1.807) is 30.4 Å². The van der Waals surface area contributed by atoms with Gasteiger partial charge in [0.05, 0.1) is 40.0 Å². The average molecular weight is 905 g/mol. The number of carbonyl (C=O) groups is 2. The molecule has 0 aliphatic rings. The Balaban J connectivity index is 2.43. The van der Waals surface area contributed by atoms with E-state index >= 15 is 0 Å². The highest BCUT2D eigenvalue weighted by atomic mass is 31.2. The number of rotatable bonds is 37. The van der Waals surface area contributed by atoms with Crippen molar-refractivity contribution in [3.63, 3.8) is 0 Å². The summed E-state index contributed by atoms with van der Waals surface area (Å²) >= 11 is 0. The quantitative estimate of drug-likeness (QED) is 0.0145. The number of allylic oxidation sites excluding steroid dienone is 8. The molecule has 0 fully saturated rings. The van der Waals surface area contributed by atoms with Crippen molar-refractivity contribution in [1.29, 1.82) is 0 Å². The first-order chi connectivity index (χ1) is 30.1. The molecule has 0 radical (unpaired) electrons. The van der Waals surface area contributed by atoms with Gasteiger partial charge in [0.2, 0.25) is 0 Å². The van der Waals surface area contributed by atoms with Gasteiger partial charge in [-0.2, -0.15) is 0 Å². The van der Waals surface area contributed by atoms with E-state index in [1.807, 2.05) is 63.7 Å². The van der Waals surface area contributed by atoms with Crippen molar-refractivity contribution in [2.45, 2.75) is 162 Å². The van der Waals surface area contributed by atoms with E-state index in [2.05, 4.69) is 27.7 Å². The molecule has 12 nitrogen and oxygen atoms in total. The molecule has 4 atom stereocenters. The largest absolute Gasteiger partial charge is 0.472 e. The number of ether oxygens (including phenoxy) is 2. The number of likely N-dealkylation sites (N-methyl/N-ethyl adjacent to an activating group) is 1. The smallest absolute Gasteiger partial charge is 0.466 e. The van der Waals surface area contributed by atoms with Crippen LogP contribution in [0.25, 0.3) is 0 Å². The molecule has 1 unspecified atom stereocenters. The first-order valence-electron chi connectivity index (χ1n) is 23.3. The summed E-state index contributed by atoms with van der Waals surface area (Å²) < 4.78 is 40.3. The first kappa shape index (κ1) is 57.7. The number of aliphatic hydroxyl groups is 2. The van der Waals surface area contributed by atoms with Crippen molar-refractivity contribution in [2.24, 2.45) is 0 Å². The number of nitrogens with zero attached hydrogens (tertiary/aromatic N) is 1. The zero-order chi connectivity index (χ0) is 46.8. The van der Waals surface area contributed by atoms with Crippen molar-refractivity contribution in [3.05, 3.63) is 95.6 Å². The molecule has 0 aliphatic heterocycles. The van der Waals surface area contributed by atoms with Crippen LogP contribution in [0.15, 0.2) is 77.3 Å². The summed E-state index contributed by atoms with van der Waals surface area (Å²) in [5, 5.41) is 20.0. The number of esters is 2. The van der Waals surface area contributed by atoms with Crippen LogP contribution in [0.1, 0.15) is 139 Å². The number of aryl methyl sites for hydroxylation is 2. The summed E-state index contributed by atoms with van der Waals surface area (Å²) in [6.45, 7) is 8.19. The highest BCUT2D eigenvalue weighted by Crippen LogP contribution is 2.43. The summed E-state index contributed by atoms with van der Waals surface area (Å²) in [5.41, 5.74) is 2.60. The molecule has 0 saturated carbocycles. The summed E-state index contributed by atoms with van der Waals surface area (Å²) in [6.07, 6.45) is 34.5. The van der Waals surface area contributed by atoms with Gasteiger partial charge in [0.1, 0.15) is 31.3 Å². The average Bonchev–Trinajstić information content (AvgIpc) is 3.48. The van der Waals surface area contributed by atoms with Crippen molar-refractivity contribution in [2.75, 3.05) is 47.5 Å². The van der Waals surface area contributed by atoms with Crippen LogP contribution in [0.2, 0.25) is 0 Å². The van der Waals surface area contributed by atoms with Crippen LogP contribution < -0.4 is 0 Å². The highest BCUT2D eigenvalue weighted by molar-refractivity contribution is 7.47. The Labute approximate surface area is 380 Å². The van der Waals surface area contributed by atoms with Gasteiger partial charge in [-0.05, 0) is 76.3 Å². The van der Waals surface area contributed by atoms with Crippen LogP contribution in [-0.2, 0) is 45.5 Å². The van der Waals surface area contributed by atoms with Gasteiger partial charge in [-0.25, -0.2) is 4.57 Å². The lowest BCUT2D eigenvalue weighted by atomic mass is 10.0. The van der Waals surface area contributed by atoms with Crippen LogP contribution in [0, 0.1) is 13.8 Å². The van der Waals surface area contributed by atoms with E-state index in [1.165, 1.54) is 11.1 Å². The number of aliphatic hydroxyl groups excluding tert-OH is 2. The number of quaternary nitrogens is 1. The zero-order valence-corrected chi connectivity index (χ0v) is 40.6. The normalized spacial score (nSPS) is 15.1.